The molecular formula is C7H14Cl2N2O. The second-order valence-corrected chi connectivity index (χ2v) is 3.19. The van der Waals surface area contributed by atoms with Crippen LogP contribution in [-0.2, 0) is 4.79 Å². The van der Waals surface area contributed by atoms with E-state index in [9.17, 15) is 4.79 Å². The van der Waals surface area contributed by atoms with Gasteiger partial charge in [-0.05, 0) is 18.8 Å². The summed E-state index contributed by atoms with van der Waals surface area (Å²) in [6, 6.07) is -0.178. The normalized spacial score (nSPS) is 32.4. The first-order chi connectivity index (χ1) is 4.79. The largest absolute Gasteiger partial charge is 0.341 e. The fourth-order valence-electron chi connectivity index (χ4n) is 1.89. The molecule has 3 saturated heterocycles. The van der Waals surface area contributed by atoms with E-state index in [4.69, 9.17) is 5.73 Å². The van der Waals surface area contributed by atoms with Crippen LogP contribution in [-0.4, -0.2) is 29.9 Å². The lowest BCUT2D eigenvalue weighted by molar-refractivity contribution is -0.141. The summed E-state index contributed by atoms with van der Waals surface area (Å²) in [6.45, 7) is 1.88. The Morgan fingerprint density at radius 3 is 2.00 bits per heavy atom. The molecule has 0 radical (unpaired) electrons. The van der Waals surface area contributed by atoms with E-state index in [0.717, 1.165) is 25.9 Å². The number of fused-ring (bicyclic) bond motifs is 3. The fourth-order valence-corrected chi connectivity index (χ4v) is 1.89. The van der Waals surface area contributed by atoms with Gasteiger partial charge in [0.2, 0.25) is 5.91 Å². The zero-order chi connectivity index (χ0) is 7.14. The van der Waals surface area contributed by atoms with Gasteiger partial charge in [0, 0.05) is 13.1 Å². The molecule has 5 heteroatoms. The Balaban J connectivity index is 0.000000605. The molecule has 3 rings (SSSR count). The van der Waals surface area contributed by atoms with Crippen LogP contribution in [0.4, 0.5) is 0 Å². The van der Waals surface area contributed by atoms with Crippen molar-refractivity contribution < 1.29 is 4.79 Å². The highest BCUT2D eigenvalue weighted by Crippen LogP contribution is 2.26. The van der Waals surface area contributed by atoms with E-state index >= 15 is 0 Å². The van der Waals surface area contributed by atoms with Crippen LogP contribution in [0, 0.1) is 5.92 Å². The molecule has 1 atom stereocenters. The van der Waals surface area contributed by atoms with Crippen LogP contribution in [0.1, 0.15) is 12.8 Å². The van der Waals surface area contributed by atoms with Crippen LogP contribution in [0.15, 0.2) is 0 Å². The average molecular weight is 213 g/mol. The van der Waals surface area contributed by atoms with Gasteiger partial charge in [-0.2, -0.15) is 0 Å². The molecular weight excluding hydrogens is 199 g/mol. The van der Waals surface area contributed by atoms with Crippen molar-refractivity contribution in [2.45, 2.75) is 18.9 Å². The van der Waals surface area contributed by atoms with E-state index < -0.39 is 0 Å². The Morgan fingerprint density at radius 1 is 1.25 bits per heavy atom. The summed E-state index contributed by atoms with van der Waals surface area (Å²) in [5.74, 6) is 0.653. The van der Waals surface area contributed by atoms with Crippen molar-refractivity contribution in [3.8, 4) is 0 Å². The van der Waals surface area contributed by atoms with Gasteiger partial charge in [0.05, 0.1) is 6.04 Å². The number of hydrogen-bond acceptors (Lipinski definition) is 2. The molecule has 0 aromatic carbocycles. The molecule has 0 saturated carbocycles. The Labute approximate surface area is 84.5 Å². The topological polar surface area (TPSA) is 46.3 Å². The highest BCUT2D eigenvalue weighted by molar-refractivity contribution is 5.85. The van der Waals surface area contributed by atoms with Crippen molar-refractivity contribution >= 4 is 30.7 Å². The smallest absolute Gasteiger partial charge is 0.239 e. The van der Waals surface area contributed by atoms with E-state index in [1.807, 2.05) is 4.90 Å². The van der Waals surface area contributed by atoms with Gasteiger partial charge < -0.3 is 10.6 Å². The van der Waals surface area contributed by atoms with Gasteiger partial charge in [-0.25, -0.2) is 0 Å². The molecule has 3 aliphatic rings. The molecule has 2 bridgehead atoms. The summed E-state index contributed by atoms with van der Waals surface area (Å²) in [5, 5.41) is 0. The molecule has 72 valence electrons. The maximum atomic E-state index is 11.2. The van der Waals surface area contributed by atoms with E-state index in [1.165, 1.54) is 0 Å². The minimum atomic E-state index is -0.178. The van der Waals surface area contributed by atoms with Crippen molar-refractivity contribution in [3.63, 3.8) is 0 Å². The number of amides is 1. The van der Waals surface area contributed by atoms with Crippen LogP contribution >= 0.6 is 24.8 Å². The SMILES string of the molecule is Cl.Cl.N[C@@H]1C(=O)N2CCC1CC2. The summed E-state index contributed by atoms with van der Waals surface area (Å²) < 4.78 is 0. The molecule has 12 heavy (non-hydrogen) atoms. The molecule has 0 unspecified atom stereocenters. The summed E-state index contributed by atoms with van der Waals surface area (Å²) >= 11 is 0. The van der Waals surface area contributed by atoms with Gasteiger partial charge in [-0.15, -0.1) is 24.8 Å². The van der Waals surface area contributed by atoms with Gasteiger partial charge >= 0.3 is 0 Å². The van der Waals surface area contributed by atoms with Crippen molar-refractivity contribution in [2.24, 2.45) is 11.7 Å². The lowest BCUT2D eigenvalue weighted by Gasteiger charge is -2.42. The van der Waals surface area contributed by atoms with Crippen molar-refractivity contribution in [1.29, 1.82) is 0 Å². The highest BCUT2D eigenvalue weighted by Gasteiger charge is 2.38. The minimum absolute atomic E-state index is 0. The van der Waals surface area contributed by atoms with Crippen LogP contribution in [0.25, 0.3) is 0 Å². The minimum Gasteiger partial charge on any atom is -0.341 e. The predicted molar refractivity (Wildman–Crippen MR) is 51.8 cm³/mol. The van der Waals surface area contributed by atoms with Gasteiger partial charge in [0.25, 0.3) is 0 Å². The molecule has 3 aliphatic heterocycles. The number of hydrogen-bond donors (Lipinski definition) is 1. The Bertz CT molecular complexity index is 165. The number of carbonyl (C=O) groups is 1. The molecule has 3 nitrogen and oxygen atoms in total. The van der Waals surface area contributed by atoms with Gasteiger partial charge in [0.1, 0.15) is 0 Å². The molecule has 3 heterocycles. The monoisotopic (exact) mass is 212 g/mol. The number of nitrogens with two attached hydrogens (primary N) is 1. The fraction of sp³-hybridized carbons (Fsp3) is 0.857. The molecule has 3 fully saturated rings. The number of piperidine rings is 3. The third-order valence-corrected chi connectivity index (χ3v) is 2.64. The van der Waals surface area contributed by atoms with Gasteiger partial charge in [-0.1, -0.05) is 0 Å². The Morgan fingerprint density at radius 2 is 1.75 bits per heavy atom. The number of rotatable bonds is 0. The first-order valence-corrected chi connectivity index (χ1v) is 3.83. The molecule has 0 aromatic rings. The summed E-state index contributed by atoms with van der Waals surface area (Å²) in [4.78, 5) is 13.1. The third kappa shape index (κ3) is 1.68. The second kappa shape index (κ2) is 4.30. The lowest BCUT2D eigenvalue weighted by atomic mass is 9.84. The van der Waals surface area contributed by atoms with Crippen molar-refractivity contribution in [3.05, 3.63) is 0 Å². The molecule has 0 aliphatic carbocycles. The van der Waals surface area contributed by atoms with E-state index in [-0.39, 0.29) is 36.8 Å². The summed E-state index contributed by atoms with van der Waals surface area (Å²) in [7, 11) is 0. The first-order valence-electron chi connectivity index (χ1n) is 3.83. The van der Waals surface area contributed by atoms with E-state index in [1.54, 1.807) is 0 Å². The molecule has 2 N–H and O–H groups in total. The van der Waals surface area contributed by atoms with Gasteiger partial charge in [-0.3, -0.25) is 4.79 Å². The third-order valence-electron chi connectivity index (χ3n) is 2.64. The second-order valence-electron chi connectivity index (χ2n) is 3.19. The van der Waals surface area contributed by atoms with Crippen LogP contribution in [0.5, 0.6) is 0 Å². The first kappa shape index (κ1) is 12.0. The zero-order valence-electron chi connectivity index (χ0n) is 6.73. The van der Waals surface area contributed by atoms with Crippen molar-refractivity contribution in [1.82, 2.24) is 4.90 Å². The number of halogens is 2. The lowest BCUT2D eigenvalue weighted by Crippen LogP contribution is -2.58. The Hall–Kier alpha value is 0.01000. The molecule has 1 amide bonds. The van der Waals surface area contributed by atoms with Gasteiger partial charge in [0.15, 0.2) is 0 Å². The summed E-state index contributed by atoms with van der Waals surface area (Å²) in [5.41, 5.74) is 5.67. The van der Waals surface area contributed by atoms with Crippen LogP contribution in [0.3, 0.4) is 0 Å². The number of nitrogens with zero attached hydrogens (tertiary/aromatic N) is 1. The maximum absolute atomic E-state index is 11.2. The predicted octanol–water partition coefficient (Wildman–Crippen LogP) is 0.409. The quantitative estimate of drug-likeness (QED) is 0.633. The average Bonchev–Trinajstić information content (AvgIpc) is 2.00. The van der Waals surface area contributed by atoms with E-state index in [0.29, 0.717) is 5.92 Å². The molecule has 0 spiro atoms. The maximum Gasteiger partial charge on any atom is 0.239 e. The highest BCUT2D eigenvalue weighted by atomic mass is 35.5. The Kier molecular flexibility index (Phi) is 4.31. The number of carbonyl (C=O) groups excluding carboxylic acids is 1. The van der Waals surface area contributed by atoms with Crippen LogP contribution < -0.4 is 5.73 Å². The van der Waals surface area contributed by atoms with Crippen molar-refractivity contribution in [2.75, 3.05) is 13.1 Å². The summed E-state index contributed by atoms with van der Waals surface area (Å²) in [6.07, 6.45) is 2.24. The van der Waals surface area contributed by atoms with Crippen LogP contribution in [0.2, 0.25) is 0 Å². The molecule has 0 aromatic heterocycles. The standard InChI is InChI=1S/C7H12N2O.2ClH/c8-6-5-1-3-9(4-2-5)7(6)10;;/h5-6H,1-4,8H2;2*1H/t6-;;/m0../s1. The zero-order valence-corrected chi connectivity index (χ0v) is 8.37. The van der Waals surface area contributed by atoms with E-state index in [2.05, 4.69) is 0 Å².